The lowest BCUT2D eigenvalue weighted by Gasteiger charge is -2.30. The predicted molar refractivity (Wildman–Crippen MR) is 96.6 cm³/mol. The molecule has 3 unspecified atom stereocenters. The Kier molecular flexibility index (Phi) is 6.23. The summed E-state index contributed by atoms with van der Waals surface area (Å²) in [7, 11) is 0. The molecule has 3 atom stereocenters. The summed E-state index contributed by atoms with van der Waals surface area (Å²) in [6, 6.07) is 0. The Bertz CT molecular complexity index is 479. The van der Waals surface area contributed by atoms with Crippen LogP contribution >= 0.6 is 23.5 Å². The Labute approximate surface area is 137 Å². The van der Waals surface area contributed by atoms with Crippen molar-refractivity contribution in [1.29, 1.82) is 0 Å². The molecule has 0 bridgehead atoms. The summed E-state index contributed by atoms with van der Waals surface area (Å²) in [5.74, 6) is 3.18. The molecule has 0 saturated carbocycles. The highest BCUT2D eigenvalue weighted by atomic mass is 32.2. The van der Waals surface area contributed by atoms with Crippen LogP contribution in [-0.2, 0) is 6.42 Å². The van der Waals surface area contributed by atoms with E-state index >= 15 is 0 Å². The summed E-state index contributed by atoms with van der Waals surface area (Å²) >= 11 is 4.08. The molecule has 2 heterocycles. The van der Waals surface area contributed by atoms with Crippen molar-refractivity contribution in [3.8, 4) is 0 Å². The van der Waals surface area contributed by atoms with Crippen LogP contribution in [0.25, 0.3) is 0 Å². The summed E-state index contributed by atoms with van der Waals surface area (Å²) in [5.41, 5.74) is 2.40. The molecular weight excluding hydrogens is 298 g/mol. The average Bonchev–Trinajstić information content (AvgIpc) is 2.49. The van der Waals surface area contributed by atoms with E-state index < -0.39 is 0 Å². The Hall–Kier alpha value is -0.420. The maximum Gasteiger partial charge on any atom is 0.144 e. The van der Waals surface area contributed by atoms with Gasteiger partial charge in [-0.05, 0) is 19.8 Å². The first-order chi connectivity index (χ1) is 10.1. The Morgan fingerprint density at radius 2 is 1.95 bits per heavy atom. The molecule has 0 spiro atoms. The van der Waals surface area contributed by atoms with E-state index in [0.29, 0.717) is 10.5 Å². The minimum atomic E-state index is 0.425. The normalized spacial score (nSPS) is 25.9. The number of hydrogen-bond donors (Lipinski definition) is 1. The molecule has 1 aliphatic heterocycles. The van der Waals surface area contributed by atoms with Crippen molar-refractivity contribution in [3.63, 3.8) is 0 Å². The number of aromatic nitrogens is 2. The van der Waals surface area contributed by atoms with Crippen molar-refractivity contribution < 1.29 is 0 Å². The molecule has 2 rings (SSSR count). The third-order valence-corrected chi connectivity index (χ3v) is 7.37. The minimum Gasteiger partial charge on any atom is -0.370 e. The second kappa shape index (κ2) is 7.73. The largest absolute Gasteiger partial charge is 0.370 e. The molecule has 1 aromatic heterocycles. The van der Waals surface area contributed by atoms with Crippen LogP contribution in [0.1, 0.15) is 56.4 Å². The van der Waals surface area contributed by atoms with Gasteiger partial charge in [-0.3, -0.25) is 0 Å². The van der Waals surface area contributed by atoms with Gasteiger partial charge in [-0.15, -0.1) is 11.8 Å². The maximum atomic E-state index is 4.86. The molecule has 3 nitrogen and oxygen atoms in total. The Morgan fingerprint density at radius 1 is 1.19 bits per heavy atom. The van der Waals surface area contributed by atoms with E-state index in [4.69, 9.17) is 9.97 Å². The minimum absolute atomic E-state index is 0.425. The second-order valence-electron chi connectivity index (χ2n) is 5.65. The van der Waals surface area contributed by atoms with Crippen LogP contribution in [-0.4, -0.2) is 32.8 Å². The van der Waals surface area contributed by atoms with Gasteiger partial charge in [-0.1, -0.05) is 27.7 Å². The molecule has 1 fully saturated rings. The van der Waals surface area contributed by atoms with Gasteiger partial charge in [0.25, 0.3) is 0 Å². The lowest BCUT2D eigenvalue weighted by atomic mass is 10.2. The first-order valence-corrected chi connectivity index (χ1v) is 9.94. The molecule has 0 aromatic carbocycles. The first kappa shape index (κ1) is 16.9. The van der Waals surface area contributed by atoms with Crippen LogP contribution in [0, 0.1) is 6.92 Å². The summed E-state index contributed by atoms with van der Waals surface area (Å²) in [6.07, 6.45) is 2.08. The number of thioether (sulfide) groups is 2. The summed E-state index contributed by atoms with van der Waals surface area (Å²) in [5, 5.41) is 5.28. The number of hydrogen-bond acceptors (Lipinski definition) is 5. The van der Waals surface area contributed by atoms with E-state index in [1.54, 1.807) is 0 Å². The smallest absolute Gasteiger partial charge is 0.144 e. The van der Waals surface area contributed by atoms with Gasteiger partial charge >= 0.3 is 0 Å². The number of nitrogens with one attached hydrogen (secondary N) is 1. The van der Waals surface area contributed by atoms with Crippen molar-refractivity contribution in [2.75, 3.05) is 17.6 Å². The molecule has 0 amide bonds. The van der Waals surface area contributed by atoms with E-state index in [-0.39, 0.29) is 0 Å². The quantitative estimate of drug-likeness (QED) is 0.864. The van der Waals surface area contributed by atoms with Gasteiger partial charge in [0, 0.05) is 34.1 Å². The van der Waals surface area contributed by atoms with Gasteiger partial charge in [0.05, 0.1) is 5.25 Å². The standard InChI is InChI=1S/C16H27N3S2/c1-6-8-17-15-10(3)13(7-2)18-16(19-15)14-9-20-11(4)12(5)21-14/h11-12,14H,6-9H2,1-5H3,(H,17,18,19). The van der Waals surface area contributed by atoms with E-state index in [1.807, 2.05) is 23.5 Å². The Balaban J connectivity index is 2.26. The fraction of sp³-hybridized carbons (Fsp3) is 0.750. The van der Waals surface area contributed by atoms with Crippen molar-refractivity contribution in [3.05, 3.63) is 17.1 Å². The zero-order chi connectivity index (χ0) is 15.4. The predicted octanol–water partition coefficient (Wildman–Crippen LogP) is 4.47. The van der Waals surface area contributed by atoms with Crippen LogP contribution in [0.3, 0.4) is 0 Å². The molecule has 1 N–H and O–H groups in total. The topological polar surface area (TPSA) is 37.8 Å². The molecular formula is C16H27N3S2. The SMILES string of the molecule is CCCNc1nc(C2CSC(C)C(C)S2)nc(CC)c1C. The van der Waals surface area contributed by atoms with Gasteiger partial charge in [0.2, 0.25) is 0 Å². The van der Waals surface area contributed by atoms with Crippen LogP contribution in [0.15, 0.2) is 0 Å². The number of aryl methyl sites for hydroxylation is 1. The first-order valence-electron chi connectivity index (χ1n) is 7.95. The van der Waals surface area contributed by atoms with E-state index in [1.165, 1.54) is 11.3 Å². The fourth-order valence-electron chi connectivity index (χ4n) is 2.41. The third-order valence-electron chi connectivity index (χ3n) is 3.98. The molecule has 0 aliphatic carbocycles. The monoisotopic (exact) mass is 325 g/mol. The molecule has 1 aromatic rings. The number of nitrogens with zero attached hydrogens (tertiary/aromatic N) is 2. The fourth-order valence-corrected chi connectivity index (χ4v) is 5.25. The molecule has 1 saturated heterocycles. The highest BCUT2D eigenvalue weighted by molar-refractivity contribution is 8.07. The van der Waals surface area contributed by atoms with Crippen LogP contribution in [0.5, 0.6) is 0 Å². The number of rotatable bonds is 5. The zero-order valence-corrected chi connectivity index (χ0v) is 15.4. The molecule has 1 aliphatic rings. The molecule has 0 radical (unpaired) electrons. The highest BCUT2D eigenvalue weighted by Gasteiger charge is 2.29. The Morgan fingerprint density at radius 3 is 2.57 bits per heavy atom. The lowest BCUT2D eigenvalue weighted by molar-refractivity contribution is 0.831. The van der Waals surface area contributed by atoms with E-state index in [2.05, 4.69) is 39.9 Å². The summed E-state index contributed by atoms with van der Waals surface area (Å²) in [6.45, 7) is 12.1. The molecule has 118 valence electrons. The van der Waals surface area contributed by atoms with Gasteiger partial charge < -0.3 is 5.32 Å². The maximum absolute atomic E-state index is 4.86. The summed E-state index contributed by atoms with van der Waals surface area (Å²) < 4.78 is 0. The lowest BCUT2D eigenvalue weighted by Crippen LogP contribution is -2.23. The third kappa shape index (κ3) is 4.07. The van der Waals surface area contributed by atoms with E-state index in [9.17, 15) is 0 Å². The van der Waals surface area contributed by atoms with Crippen molar-refractivity contribution >= 4 is 29.3 Å². The van der Waals surface area contributed by atoms with E-state index in [0.717, 1.165) is 42.0 Å². The second-order valence-corrected chi connectivity index (χ2v) is 8.65. The highest BCUT2D eigenvalue weighted by Crippen LogP contribution is 2.43. The summed E-state index contributed by atoms with van der Waals surface area (Å²) in [4.78, 5) is 9.70. The molecule has 21 heavy (non-hydrogen) atoms. The van der Waals surface area contributed by atoms with Crippen LogP contribution < -0.4 is 5.32 Å². The van der Waals surface area contributed by atoms with Gasteiger partial charge in [0.1, 0.15) is 11.6 Å². The number of anilines is 1. The molecule has 5 heteroatoms. The van der Waals surface area contributed by atoms with Crippen molar-refractivity contribution in [2.45, 2.75) is 63.2 Å². The van der Waals surface area contributed by atoms with Gasteiger partial charge in [-0.25, -0.2) is 9.97 Å². The zero-order valence-electron chi connectivity index (χ0n) is 13.8. The average molecular weight is 326 g/mol. The van der Waals surface area contributed by atoms with Crippen molar-refractivity contribution in [1.82, 2.24) is 9.97 Å². The van der Waals surface area contributed by atoms with Gasteiger partial charge in [-0.2, -0.15) is 11.8 Å². The van der Waals surface area contributed by atoms with Crippen LogP contribution in [0.4, 0.5) is 5.82 Å². The van der Waals surface area contributed by atoms with Crippen molar-refractivity contribution in [2.24, 2.45) is 0 Å². The van der Waals surface area contributed by atoms with Gasteiger partial charge in [0.15, 0.2) is 0 Å². The van der Waals surface area contributed by atoms with Crippen LogP contribution in [0.2, 0.25) is 0 Å².